The molecule has 3 aromatic rings. The Bertz CT molecular complexity index is 762. The van der Waals surface area contributed by atoms with Crippen molar-refractivity contribution in [2.45, 2.75) is 20.4 Å². The molecule has 1 aromatic carbocycles. The Balaban J connectivity index is 1.81. The smallest absolute Gasteiger partial charge is 0.157 e. The molecule has 0 aliphatic heterocycles. The fraction of sp³-hybridized carbons (Fsp3) is 0.250. The number of aromatic amines is 1. The quantitative estimate of drug-likeness (QED) is 0.771. The molecule has 3 rings (SSSR count). The van der Waals surface area contributed by atoms with Gasteiger partial charge in [0.1, 0.15) is 5.75 Å². The van der Waals surface area contributed by atoms with E-state index in [0.29, 0.717) is 6.54 Å². The Morgan fingerprint density at radius 2 is 1.95 bits per heavy atom. The van der Waals surface area contributed by atoms with Crippen LogP contribution in [-0.4, -0.2) is 22.3 Å². The number of nitrogens with zero attached hydrogens (tertiary/aromatic N) is 2. The van der Waals surface area contributed by atoms with Crippen LogP contribution in [0.15, 0.2) is 30.3 Å². The van der Waals surface area contributed by atoms with Crippen molar-refractivity contribution in [2.24, 2.45) is 0 Å². The normalized spacial score (nSPS) is 10.8. The number of fused-ring (bicyclic) bond motifs is 1. The molecule has 0 bridgehead atoms. The fourth-order valence-electron chi connectivity index (χ4n) is 2.44. The molecule has 0 aliphatic rings. The molecular weight excluding hydrogens is 264 g/mol. The number of aromatic nitrogens is 3. The standard InChI is InChI=1S/C16H18N4O/c1-10-8-11(2)18-16-14(10)15(19-20-16)17-9-12-4-6-13(21-3)7-5-12/h4-8H,9H2,1-3H3,(H2,17,18,19,20). The van der Waals surface area contributed by atoms with Crippen molar-refractivity contribution in [1.29, 1.82) is 0 Å². The van der Waals surface area contributed by atoms with E-state index >= 15 is 0 Å². The topological polar surface area (TPSA) is 62.8 Å². The molecule has 0 radical (unpaired) electrons. The summed E-state index contributed by atoms with van der Waals surface area (Å²) in [4.78, 5) is 4.46. The summed E-state index contributed by atoms with van der Waals surface area (Å²) in [6.45, 7) is 4.76. The van der Waals surface area contributed by atoms with Crippen LogP contribution in [-0.2, 0) is 6.54 Å². The molecule has 0 saturated heterocycles. The van der Waals surface area contributed by atoms with E-state index in [0.717, 1.165) is 28.3 Å². The Kier molecular flexibility index (Phi) is 3.48. The van der Waals surface area contributed by atoms with Gasteiger partial charge in [-0.3, -0.25) is 5.10 Å². The minimum Gasteiger partial charge on any atom is -0.497 e. The van der Waals surface area contributed by atoms with E-state index in [-0.39, 0.29) is 0 Å². The first-order valence-electron chi connectivity index (χ1n) is 6.86. The van der Waals surface area contributed by atoms with Crippen molar-refractivity contribution in [2.75, 3.05) is 12.4 Å². The molecule has 0 saturated carbocycles. The average molecular weight is 282 g/mol. The van der Waals surface area contributed by atoms with Gasteiger partial charge in [0.05, 0.1) is 12.5 Å². The zero-order chi connectivity index (χ0) is 14.8. The monoisotopic (exact) mass is 282 g/mol. The molecule has 2 heterocycles. The van der Waals surface area contributed by atoms with Gasteiger partial charge in [-0.05, 0) is 43.2 Å². The van der Waals surface area contributed by atoms with Crippen molar-refractivity contribution >= 4 is 16.9 Å². The molecule has 0 unspecified atom stereocenters. The largest absolute Gasteiger partial charge is 0.497 e. The zero-order valence-electron chi connectivity index (χ0n) is 12.4. The first-order chi connectivity index (χ1) is 10.2. The first kappa shape index (κ1) is 13.4. The SMILES string of the molecule is COc1ccc(CNc2n[nH]c3nc(C)cc(C)c23)cc1. The van der Waals surface area contributed by atoms with Gasteiger partial charge in [0.2, 0.25) is 0 Å². The van der Waals surface area contributed by atoms with Crippen LogP contribution in [0, 0.1) is 13.8 Å². The molecule has 0 atom stereocenters. The van der Waals surface area contributed by atoms with Crippen molar-refractivity contribution in [3.8, 4) is 5.75 Å². The van der Waals surface area contributed by atoms with Crippen molar-refractivity contribution < 1.29 is 4.74 Å². The van der Waals surface area contributed by atoms with E-state index in [9.17, 15) is 0 Å². The van der Waals surface area contributed by atoms with Gasteiger partial charge in [0, 0.05) is 12.2 Å². The summed E-state index contributed by atoms with van der Waals surface area (Å²) in [6.07, 6.45) is 0. The zero-order valence-corrected chi connectivity index (χ0v) is 12.4. The summed E-state index contributed by atoms with van der Waals surface area (Å²) >= 11 is 0. The van der Waals surface area contributed by atoms with Crippen LogP contribution in [0.1, 0.15) is 16.8 Å². The lowest BCUT2D eigenvalue weighted by molar-refractivity contribution is 0.414. The minimum atomic E-state index is 0.706. The molecule has 2 N–H and O–H groups in total. The Hall–Kier alpha value is -2.56. The van der Waals surface area contributed by atoms with Crippen LogP contribution in [0.2, 0.25) is 0 Å². The van der Waals surface area contributed by atoms with Gasteiger partial charge in [-0.15, -0.1) is 0 Å². The lowest BCUT2D eigenvalue weighted by Gasteiger charge is -2.06. The highest BCUT2D eigenvalue weighted by atomic mass is 16.5. The summed E-state index contributed by atoms with van der Waals surface area (Å²) in [5.41, 5.74) is 4.16. The van der Waals surface area contributed by atoms with Gasteiger partial charge in [0.15, 0.2) is 11.5 Å². The number of aryl methyl sites for hydroxylation is 2. The van der Waals surface area contributed by atoms with Gasteiger partial charge in [0.25, 0.3) is 0 Å². The fourth-order valence-corrected chi connectivity index (χ4v) is 2.44. The number of hydrogen-bond acceptors (Lipinski definition) is 4. The molecule has 0 amide bonds. The Morgan fingerprint density at radius 1 is 1.19 bits per heavy atom. The number of nitrogens with one attached hydrogen (secondary N) is 2. The van der Waals surface area contributed by atoms with Crippen LogP contribution < -0.4 is 10.1 Å². The second-order valence-electron chi connectivity index (χ2n) is 5.08. The van der Waals surface area contributed by atoms with Crippen molar-refractivity contribution in [1.82, 2.24) is 15.2 Å². The second kappa shape index (κ2) is 5.44. The third kappa shape index (κ3) is 2.67. The molecule has 5 heteroatoms. The maximum absolute atomic E-state index is 5.16. The van der Waals surface area contributed by atoms with E-state index in [4.69, 9.17) is 4.74 Å². The van der Waals surface area contributed by atoms with E-state index in [1.54, 1.807) is 7.11 Å². The Morgan fingerprint density at radius 3 is 2.67 bits per heavy atom. The van der Waals surface area contributed by atoms with Gasteiger partial charge in [-0.1, -0.05) is 12.1 Å². The molecule has 2 aromatic heterocycles. The number of hydrogen-bond donors (Lipinski definition) is 2. The number of anilines is 1. The highest BCUT2D eigenvalue weighted by Crippen LogP contribution is 2.24. The predicted molar refractivity (Wildman–Crippen MR) is 83.7 cm³/mol. The van der Waals surface area contributed by atoms with Crippen LogP contribution in [0.25, 0.3) is 11.0 Å². The van der Waals surface area contributed by atoms with Gasteiger partial charge < -0.3 is 10.1 Å². The number of methoxy groups -OCH3 is 1. The average Bonchev–Trinajstić information content (AvgIpc) is 2.89. The number of rotatable bonds is 4. The number of pyridine rings is 1. The number of ether oxygens (including phenoxy) is 1. The maximum atomic E-state index is 5.16. The molecule has 0 aliphatic carbocycles. The summed E-state index contributed by atoms with van der Waals surface area (Å²) in [6, 6.07) is 10.0. The molecule has 108 valence electrons. The van der Waals surface area contributed by atoms with Crippen LogP contribution in [0.4, 0.5) is 5.82 Å². The first-order valence-corrected chi connectivity index (χ1v) is 6.86. The highest BCUT2D eigenvalue weighted by Gasteiger charge is 2.09. The van der Waals surface area contributed by atoms with Gasteiger partial charge >= 0.3 is 0 Å². The highest BCUT2D eigenvalue weighted by molar-refractivity contribution is 5.90. The molecular formula is C16H18N4O. The molecule has 0 spiro atoms. The Labute approximate surface area is 123 Å². The maximum Gasteiger partial charge on any atom is 0.157 e. The minimum absolute atomic E-state index is 0.706. The summed E-state index contributed by atoms with van der Waals surface area (Å²) in [5.74, 6) is 1.70. The molecule has 0 fully saturated rings. The lowest BCUT2D eigenvalue weighted by atomic mass is 10.1. The summed E-state index contributed by atoms with van der Waals surface area (Å²) < 4.78 is 5.16. The number of H-pyrrole nitrogens is 1. The van der Waals surface area contributed by atoms with Crippen LogP contribution >= 0.6 is 0 Å². The number of benzene rings is 1. The lowest BCUT2D eigenvalue weighted by Crippen LogP contribution is -2.00. The van der Waals surface area contributed by atoms with E-state index in [1.165, 1.54) is 11.1 Å². The van der Waals surface area contributed by atoms with Gasteiger partial charge in [-0.2, -0.15) is 5.10 Å². The van der Waals surface area contributed by atoms with Crippen molar-refractivity contribution in [3.05, 3.63) is 47.2 Å². The molecule has 5 nitrogen and oxygen atoms in total. The molecule has 21 heavy (non-hydrogen) atoms. The summed E-state index contributed by atoms with van der Waals surface area (Å²) in [5, 5.41) is 11.7. The van der Waals surface area contributed by atoms with E-state index < -0.39 is 0 Å². The third-order valence-electron chi connectivity index (χ3n) is 3.47. The summed E-state index contributed by atoms with van der Waals surface area (Å²) in [7, 11) is 1.67. The van der Waals surface area contributed by atoms with Crippen LogP contribution in [0.3, 0.4) is 0 Å². The van der Waals surface area contributed by atoms with Crippen molar-refractivity contribution in [3.63, 3.8) is 0 Å². The van der Waals surface area contributed by atoms with Gasteiger partial charge in [-0.25, -0.2) is 4.98 Å². The van der Waals surface area contributed by atoms with E-state index in [2.05, 4.69) is 33.5 Å². The second-order valence-corrected chi connectivity index (χ2v) is 5.08. The third-order valence-corrected chi connectivity index (χ3v) is 3.47. The predicted octanol–water partition coefficient (Wildman–Crippen LogP) is 3.20. The van der Waals surface area contributed by atoms with E-state index in [1.807, 2.05) is 31.2 Å². The van der Waals surface area contributed by atoms with Crippen LogP contribution in [0.5, 0.6) is 5.75 Å².